The van der Waals surface area contributed by atoms with Gasteiger partial charge in [-0.05, 0) is 19.9 Å². The predicted molar refractivity (Wildman–Crippen MR) is 127 cm³/mol. The number of esters is 1. The van der Waals surface area contributed by atoms with Crippen molar-refractivity contribution in [3.05, 3.63) is 22.9 Å². The number of oxazole rings is 1. The minimum Gasteiger partial charge on any atom is -0.456 e. The molecule has 0 unspecified atom stereocenters. The lowest BCUT2D eigenvalue weighted by Crippen LogP contribution is -2.47. The number of halogens is 1. The van der Waals surface area contributed by atoms with E-state index in [0.29, 0.717) is 31.0 Å². The van der Waals surface area contributed by atoms with Gasteiger partial charge in [-0.3, -0.25) is 9.59 Å². The summed E-state index contributed by atoms with van der Waals surface area (Å²) in [4.78, 5) is 30.2. The molecular formula is C25H36ClNO8. The molecule has 3 rings (SSSR count). The fourth-order valence-corrected chi connectivity index (χ4v) is 4.62. The fourth-order valence-electron chi connectivity index (χ4n) is 4.38. The van der Waals surface area contributed by atoms with E-state index in [1.807, 2.05) is 6.92 Å². The number of aliphatic hydroxyl groups is 2. The molecule has 196 valence electrons. The Labute approximate surface area is 210 Å². The SMILES string of the molecule is Cc1nc(C=C(Cl)[C@@H]2C[C@@H]3O[C@]3(C)CCO[C@H](C)[C@@H](O)[C@@H](C)C(=O)C(C)(C)[C@@H](O)CC(=O)O2)co1. The molecule has 2 aliphatic heterocycles. The predicted octanol–water partition coefficient (Wildman–Crippen LogP) is 3.17. The van der Waals surface area contributed by atoms with Gasteiger partial charge in [0, 0.05) is 32.3 Å². The number of fused-ring (bicyclic) bond motifs is 1. The number of carbonyl (C=O) groups excluding carboxylic acids is 2. The maximum atomic E-state index is 13.1. The van der Waals surface area contributed by atoms with E-state index in [9.17, 15) is 19.8 Å². The molecule has 9 nitrogen and oxygen atoms in total. The molecule has 0 aliphatic carbocycles. The van der Waals surface area contributed by atoms with Gasteiger partial charge in [-0.1, -0.05) is 32.4 Å². The van der Waals surface area contributed by atoms with Gasteiger partial charge < -0.3 is 28.8 Å². The number of nitrogens with zero attached hydrogens (tertiary/aromatic N) is 1. The lowest BCUT2D eigenvalue weighted by atomic mass is 9.74. The van der Waals surface area contributed by atoms with Crippen molar-refractivity contribution in [3.63, 3.8) is 0 Å². The van der Waals surface area contributed by atoms with Crippen LogP contribution in [-0.4, -0.2) is 69.7 Å². The van der Waals surface area contributed by atoms with Gasteiger partial charge in [0.2, 0.25) is 0 Å². The minimum absolute atomic E-state index is 0.233. The van der Waals surface area contributed by atoms with Gasteiger partial charge >= 0.3 is 5.97 Å². The maximum Gasteiger partial charge on any atom is 0.309 e. The number of epoxide rings is 1. The summed E-state index contributed by atoms with van der Waals surface area (Å²) in [5.41, 5.74) is -1.32. The zero-order chi connectivity index (χ0) is 26.1. The third kappa shape index (κ3) is 6.51. The standard InChI is InChI=1S/C25H36ClNO8/c1-13-22(30)14(2)32-8-7-25(6)20(35-25)10-18(17(26)9-16-12-33-15(3)27-16)34-21(29)11-19(28)24(4,5)23(13)31/h9,12-14,18-20,22,28,30H,7-8,10-11H2,1-6H3/t13-,14-,18+,19+,20+,22+,25-/m1/s1. The molecule has 2 fully saturated rings. The van der Waals surface area contributed by atoms with Crippen molar-refractivity contribution in [1.29, 1.82) is 0 Å². The Morgan fingerprint density at radius 1 is 1.23 bits per heavy atom. The van der Waals surface area contributed by atoms with Crippen LogP contribution >= 0.6 is 11.6 Å². The molecular weight excluding hydrogens is 478 g/mol. The summed E-state index contributed by atoms with van der Waals surface area (Å²) in [7, 11) is 0. The van der Waals surface area contributed by atoms with Crippen molar-refractivity contribution in [3.8, 4) is 0 Å². The number of hydrogen-bond donors (Lipinski definition) is 2. The average Bonchev–Trinajstić information content (AvgIpc) is 3.22. The van der Waals surface area contributed by atoms with Crippen molar-refractivity contribution in [2.75, 3.05) is 6.61 Å². The molecule has 35 heavy (non-hydrogen) atoms. The third-order valence-corrected chi connectivity index (χ3v) is 7.53. The van der Waals surface area contributed by atoms with Crippen molar-refractivity contribution in [2.24, 2.45) is 11.3 Å². The van der Waals surface area contributed by atoms with Crippen LogP contribution in [0.2, 0.25) is 0 Å². The Kier molecular flexibility index (Phi) is 8.49. The average molecular weight is 514 g/mol. The van der Waals surface area contributed by atoms with E-state index in [1.54, 1.807) is 40.7 Å². The number of ether oxygens (including phenoxy) is 3. The van der Waals surface area contributed by atoms with E-state index in [-0.39, 0.29) is 16.9 Å². The van der Waals surface area contributed by atoms with Crippen molar-refractivity contribution < 1.29 is 38.4 Å². The molecule has 0 amide bonds. The molecule has 10 heteroatoms. The summed E-state index contributed by atoms with van der Waals surface area (Å²) in [6.45, 7) is 10.3. The largest absolute Gasteiger partial charge is 0.456 e. The highest BCUT2D eigenvalue weighted by Gasteiger charge is 2.53. The molecule has 0 saturated carbocycles. The van der Waals surface area contributed by atoms with E-state index in [4.69, 9.17) is 30.2 Å². The number of rotatable bonds is 2. The molecule has 0 aromatic carbocycles. The van der Waals surface area contributed by atoms with E-state index < -0.39 is 53.7 Å². The Hall–Kier alpha value is -1.78. The van der Waals surface area contributed by atoms with Crippen molar-refractivity contribution in [2.45, 2.75) is 96.9 Å². The quantitative estimate of drug-likeness (QED) is 0.452. The summed E-state index contributed by atoms with van der Waals surface area (Å²) in [5, 5.41) is 21.7. The van der Waals surface area contributed by atoms with Gasteiger partial charge in [0.1, 0.15) is 23.8 Å². The molecule has 1 aromatic heterocycles. The Morgan fingerprint density at radius 2 is 1.91 bits per heavy atom. The molecule has 1 aromatic rings. The smallest absolute Gasteiger partial charge is 0.309 e. The highest BCUT2D eigenvalue weighted by Crippen LogP contribution is 2.44. The first-order valence-electron chi connectivity index (χ1n) is 11.9. The van der Waals surface area contributed by atoms with Crippen LogP contribution in [0.15, 0.2) is 15.7 Å². The first-order valence-corrected chi connectivity index (χ1v) is 12.3. The molecule has 2 N–H and O–H groups in total. The number of aliphatic hydroxyl groups excluding tert-OH is 2. The third-order valence-electron chi connectivity index (χ3n) is 7.18. The fraction of sp³-hybridized carbons (Fsp3) is 0.720. The van der Waals surface area contributed by atoms with Gasteiger partial charge in [-0.25, -0.2) is 4.98 Å². The number of hydrogen-bond acceptors (Lipinski definition) is 9. The first-order chi connectivity index (χ1) is 16.2. The Morgan fingerprint density at radius 3 is 2.54 bits per heavy atom. The van der Waals surface area contributed by atoms with Crippen LogP contribution in [0.4, 0.5) is 0 Å². The van der Waals surface area contributed by atoms with Crippen molar-refractivity contribution in [1.82, 2.24) is 4.98 Å². The number of aryl methyl sites for hydroxylation is 1. The molecule has 2 saturated heterocycles. The van der Waals surface area contributed by atoms with Crippen LogP contribution in [0.3, 0.4) is 0 Å². The molecule has 7 atom stereocenters. The van der Waals surface area contributed by atoms with Crippen LogP contribution < -0.4 is 0 Å². The number of aromatic nitrogens is 1. The van der Waals surface area contributed by atoms with Crippen LogP contribution in [0, 0.1) is 18.3 Å². The first kappa shape index (κ1) is 27.8. The van der Waals surface area contributed by atoms with Crippen molar-refractivity contribution >= 4 is 29.4 Å². The molecule has 0 spiro atoms. The zero-order valence-electron chi connectivity index (χ0n) is 21.1. The van der Waals surface area contributed by atoms with Gasteiger partial charge in [-0.2, -0.15) is 0 Å². The number of cyclic esters (lactones) is 1. The summed E-state index contributed by atoms with van der Waals surface area (Å²) in [6.07, 6.45) is -0.640. The zero-order valence-corrected chi connectivity index (χ0v) is 21.9. The van der Waals surface area contributed by atoms with E-state index in [2.05, 4.69) is 4.98 Å². The normalized spacial score (nSPS) is 37.5. The Bertz CT molecular complexity index is 959. The van der Waals surface area contributed by atoms with E-state index in [0.717, 1.165) is 0 Å². The van der Waals surface area contributed by atoms with Gasteiger partial charge in [0.25, 0.3) is 0 Å². The second kappa shape index (κ2) is 10.7. The second-order valence-corrected chi connectivity index (χ2v) is 10.8. The summed E-state index contributed by atoms with van der Waals surface area (Å²) >= 11 is 6.54. The number of ketones is 1. The molecule has 0 radical (unpaired) electrons. The lowest BCUT2D eigenvalue weighted by molar-refractivity contribution is -0.155. The number of Topliss-reactive ketones (excluding diaryl/α,β-unsaturated/α-hetero) is 1. The maximum absolute atomic E-state index is 13.1. The van der Waals surface area contributed by atoms with Crippen LogP contribution in [0.1, 0.15) is 65.5 Å². The van der Waals surface area contributed by atoms with Crippen LogP contribution in [-0.2, 0) is 23.8 Å². The highest BCUT2D eigenvalue weighted by molar-refractivity contribution is 6.32. The lowest BCUT2D eigenvalue weighted by Gasteiger charge is -2.34. The topological polar surface area (TPSA) is 132 Å². The van der Waals surface area contributed by atoms with Gasteiger partial charge in [0.05, 0.1) is 46.9 Å². The molecule has 3 heterocycles. The van der Waals surface area contributed by atoms with Gasteiger partial charge in [-0.15, -0.1) is 0 Å². The van der Waals surface area contributed by atoms with E-state index >= 15 is 0 Å². The summed E-state index contributed by atoms with van der Waals surface area (Å²) in [5.74, 6) is -1.42. The van der Waals surface area contributed by atoms with Gasteiger partial charge in [0.15, 0.2) is 5.89 Å². The summed E-state index contributed by atoms with van der Waals surface area (Å²) in [6, 6.07) is 0. The van der Waals surface area contributed by atoms with Crippen LogP contribution in [0.25, 0.3) is 6.08 Å². The molecule has 2 aliphatic rings. The monoisotopic (exact) mass is 513 g/mol. The minimum atomic E-state index is -1.33. The molecule has 0 bridgehead atoms. The number of carbonyl (C=O) groups is 2. The summed E-state index contributed by atoms with van der Waals surface area (Å²) < 4.78 is 22.6. The Balaban J connectivity index is 1.85. The van der Waals surface area contributed by atoms with E-state index in [1.165, 1.54) is 6.26 Å². The van der Waals surface area contributed by atoms with Crippen LogP contribution in [0.5, 0.6) is 0 Å². The highest BCUT2D eigenvalue weighted by atomic mass is 35.5. The second-order valence-electron chi connectivity index (χ2n) is 10.4.